The van der Waals surface area contributed by atoms with E-state index in [9.17, 15) is 5.11 Å². The van der Waals surface area contributed by atoms with Crippen LogP contribution >= 0.6 is 23.2 Å². The van der Waals surface area contributed by atoms with E-state index in [1.54, 1.807) is 18.2 Å². The normalized spacial score (nSPS) is 10.6. The van der Waals surface area contributed by atoms with Crippen LogP contribution < -0.4 is 5.32 Å². The van der Waals surface area contributed by atoms with Crippen LogP contribution in [0.4, 0.5) is 0 Å². The van der Waals surface area contributed by atoms with E-state index in [0.29, 0.717) is 22.3 Å². The Morgan fingerprint density at radius 2 is 1.74 bits per heavy atom. The number of halogens is 2. The highest BCUT2D eigenvalue weighted by molar-refractivity contribution is 6.35. The molecule has 100 valence electrons. The van der Waals surface area contributed by atoms with Gasteiger partial charge in [0.15, 0.2) is 0 Å². The molecule has 0 radical (unpaired) electrons. The highest BCUT2D eigenvalue weighted by atomic mass is 35.5. The number of phenols is 1. The van der Waals surface area contributed by atoms with Gasteiger partial charge in [-0.25, -0.2) is 0 Å². The van der Waals surface area contributed by atoms with Crippen molar-refractivity contribution in [2.75, 3.05) is 6.54 Å². The van der Waals surface area contributed by atoms with Gasteiger partial charge in [-0.1, -0.05) is 41.4 Å². The summed E-state index contributed by atoms with van der Waals surface area (Å²) < 4.78 is 0. The lowest BCUT2D eigenvalue weighted by Gasteiger charge is -2.07. The van der Waals surface area contributed by atoms with Crippen LogP contribution in [0.1, 0.15) is 11.1 Å². The first-order valence-electron chi connectivity index (χ1n) is 6.08. The minimum absolute atomic E-state index is 0.296. The van der Waals surface area contributed by atoms with Crippen LogP contribution in [0.5, 0.6) is 5.75 Å². The summed E-state index contributed by atoms with van der Waals surface area (Å²) in [5, 5.41) is 13.9. The van der Waals surface area contributed by atoms with Crippen LogP contribution in [0.25, 0.3) is 0 Å². The first kappa shape index (κ1) is 14.2. The van der Waals surface area contributed by atoms with Crippen molar-refractivity contribution in [1.82, 2.24) is 5.32 Å². The maximum absolute atomic E-state index is 9.19. The second-order valence-corrected chi connectivity index (χ2v) is 5.17. The lowest BCUT2D eigenvalue weighted by atomic mass is 10.1. The Hall–Kier alpha value is -1.22. The van der Waals surface area contributed by atoms with Gasteiger partial charge in [0.2, 0.25) is 0 Å². The van der Waals surface area contributed by atoms with Crippen LogP contribution in [-0.4, -0.2) is 11.7 Å². The van der Waals surface area contributed by atoms with Crippen molar-refractivity contribution < 1.29 is 5.11 Å². The molecule has 19 heavy (non-hydrogen) atoms. The summed E-state index contributed by atoms with van der Waals surface area (Å²) in [5.41, 5.74) is 2.23. The van der Waals surface area contributed by atoms with Gasteiger partial charge in [-0.3, -0.25) is 0 Å². The lowest BCUT2D eigenvalue weighted by molar-refractivity contribution is 0.475. The van der Waals surface area contributed by atoms with Crippen molar-refractivity contribution in [1.29, 1.82) is 0 Å². The molecule has 0 atom stereocenters. The summed E-state index contributed by atoms with van der Waals surface area (Å²) in [6.07, 6.45) is 0.908. The molecule has 2 nitrogen and oxygen atoms in total. The fourth-order valence-electron chi connectivity index (χ4n) is 1.78. The molecule has 2 aromatic rings. The molecule has 0 fully saturated rings. The lowest BCUT2D eigenvalue weighted by Crippen LogP contribution is -2.16. The Morgan fingerprint density at radius 1 is 1.00 bits per heavy atom. The molecular formula is C15H15Cl2NO. The topological polar surface area (TPSA) is 32.3 Å². The van der Waals surface area contributed by atoms with Crippen LogP contribution in [0, 0.1) is 0 Å². The molecule has 0 saturated heterocycles. The molecule has 0 aliphatic carbocycles. The van der Waals surface area contributed by atoms with E-state index in [0.717, 1.165) is 18.5 Å². The third-order valence-corrected chi connectivity index (χ3v) is 3.44. The molecule has 0 unspecified atom stereocenters. The minimum Gasteiger partial charge on any atom is -0.508 e. The highest BCUT2D eigenvalue weighted by Crippen LogP contribution is 2.20. The maximum atomic E-state index is 9.19. The van der Waals surface area contributed by atoms with Crippen molar-refractivity contribution in [2.45, 2.75) is 13.0 Å². The largest absolute Gasteiger partial charge is 0.508 e. The maximum Gasteiger partial charge on any atom is 0.115 e. The van der Waals surface area contributed by atoms with Crippen molar-refractivity contribution >= 4 is 23.2 Å². The van der Waals surface area contributed by atoms with Crippen molar-refractivity contribution in [3.05, 3.63) is 63.6 Å². The van der Waals surface area contributed by atoms with Gasteiger partial charge in [0.1, 0.15) is 5.75 Å². The number of hydrogen-bond donors (Lipinski definition) is 2. The molecule has 0 aliphatic rings. The van der Waals surface area contributed by atoms with Gasteiger partial charge in [-0.15, -0.1) is 0 Å². The molecule has 4 heteroatoms. The monoisotopic (exact) mass is 295 g/mol. The number of rotatable bonds is 5. The molecule has 0 spiro atoms. The molecule has 0 heterocycles. The van der Waals surface area contributed by atoms with E-state index >= 15 is 0 Å². The van der Waals surface area contributed by atoms with Crippen LogP contribution in [0.2, 0.25) is 10.0 Å². The first-order valence-corrected chi connectivity index (χ1v) is 6.83. The summed E-state index contributed by atoms with van der Waals surface area (Å²) in [4.78, 5) is 0. The minimum atomic E-state index is 0.296. The van der Waals surface area contributed by atoms with Gasteiger partial charge in [0, 0.05) is 16.6 Å². The average molecular weight is 296 g/mol. The van der Waals surface area contributed by atoms with Gasteiger partial charge in [-0.2, -0.15) is 0 Å². The molecular weight excluding hydrogens is 281 g/mol. The quantitative estimate of drug-likeness (QED) is 0.816. The summed E-state index contributed by atoms with van der Waals surface area (Å²) >= 11 is 11.9. The Kier molecular flexibility index (Phi) is 5.08. The van der Waals surface area contributed by atoms with Gasteiger partial charge < -0.3 is 10.4 Å². The zero-order valence-corrected chi connectivity index (χ0v) is 11.9. The Morgan fingerprint density at radius 3 is 2.42 bits per heavy atom. The molecule has 0 bridgehead atoms. The number of phenolic OH excluding ortho intramolecular Hbond substituents is 1. The third kappa shape index (κ3) is 4.43. The molecule has 2 rings (SSSR count). The van der Waals surface area contributed by atoms with Crippen LogP contribution in [-0.2, 0) is 13.0 Å². The summed E-state index contributed by atoms with van der Waals surface area (Å²) in [6, 6.07) is 12.8. The fraction of sp³-hybridized carbons (Fsp3) is 0.200. The Bertz CT molecular complexity index is 540. The van der Waals surface area contributed by atoms with E-state index in [-0.39, 0.29) is 0 Å². The van der Waals surface area contributed by atoms with Gasteiger partial charge in [-0.05, 0) is 48.4 Å². The smallest absolute Gasteiger partial charge is 0.115 e. The van der Waals surface area contributed by atoms with Gasteiger partial charge >= 0.3 is 0 Å². The summed E-state index contributed by atoms with van der Waals surface area (Å²) in [5.74, 6) is 0.296. The molecule has 0 saturated carbocycles. The third-order valence-electron chi connectivity index (χ3n) is 2.86. The summed E-state index contributed by atoms with van der Waals surface area (Å²) in [6.45, 7) is 1.57. The Balaban J connectivity index is 1.79. The predicted molar refractivity (Wildman–Crippen MR) is 80.0 cm³/mol. The Labute approximate surface area is 123 Å². The number of nitrogens with one attached hydrogen (secondary N) is 1. The highest BCUT2D eigenvalue weighted by Gasteiger charge is 2.00. The zero-order chi connectivity index (χ0) is 13.7. The number of hydrogen-bond acceptors (Lipinski definition) is 2. The zero-order valence-electron chi connectivity index (χ0n) is 10.4. The molecule has 2 N–H and O–H groups in total. The van der Waals surface area contributed by atoms with Crippen LogP contribution in [0.15, 0.2) is 42.5 Å². The van der Waals surface area contributed by atoms with E-state index in [2.05, 4.69) is 5.32 Å². The number of aromatic hydroxyl groups is 1. The molecule has 0 amide bonds. The average Bonchev–Trinajstić information content (AvgIpc) is 2.39. The molecule has 2 aromatic carbocycles. The summed E-state index contributed by atoms with van der Waals surface area (Å²) in [7, 11) is 0. The first-order chi connectivity index (χ1) is 9.15. The molecule has 0 aliphatic heterocycles. The molecule has 0 aromatic heterocycles. The van der Waals surface area contributed by atoms with Gasteiger partial charge in [0.05, 0.1) is 0 Å². The predicted octanol–water partition coefficient (Wildman–Crippen LogP) is 4.03. The fourth-order valence-corrected chi connectivity index (χ4v) is 2.26. The van der Waals surface area contributed by atoms with Crippen molar-refractivity contribution in [3.63, 3.8) is 0 Å². The SMILES string of the molecule is Oc1ccc(CCNCc2ccc(Cl)cc2Cl)cc1. The second-order valence-electron chi connectivity index (χ2n) is 4.33. The van der Waals surface area contributed by atoms with E-state index < -0.39 is 0 Å². The van der Waals surface area contributed by atoms with Crippen molar-refractivity contribution in [2.24, 2.45) is 0 Å². The standard InChI is InChI=1S/C15H15Cl2NO/c16-13-4-3-12(15(17)9-13)10-18-8-7-11-1-5-14(19)6-2-11/h1-6,9,18-19H,7-8,10H2. The van der Waals surface area contributed by atoms with E-state index in [4.69, 9.17) is 23.2 Å². The van der Waals surface area contributed by atoms with Gasteiger partial charge in [0.25, 0.3) is 0 Å². The van der Waals surface area contributed by atoms with E-state index in [1.807, 2.05) is 24.3 Å². The van der Waals surface area contributed by atoms with E-state index in [1.165, 1.54) is 5.56 Å². The van der Waals surface area contributed by atoms with Crippen molar-refractivity contribution in [3.8, 4) is 5.75 Å². The number of benzene rings is 2. The second kappa shape index (κ2) is 6.80. The van der Waals surface area contributed by atoms with Crippen LogP contribution in [0.3, 0.4) is 0 Å².